The molecule has 1 saturated carbocycles. The Kier molecular flexibility index (Phi) is 9.65. The highest BCUT2D eigenvalue weighted by atomic mass is 16.5. The lowest BCUT2D eigenvalue weighted by Crippen LogP contribution is -2.32. The number of Topliss-reactive ketones (excluding diaryl/α,β-unsaturated/α-hetero) is 1. The normalized spacial score (nSPS) is 14.8. The van der Waals surface area contributed by atoms with E-state index in [0.717, 1.165) is 42.3 Å². The minimum Gasteiger partial charge on any atom is -0.492 e. The van der Waals surface area contributed by atoms with E-state index in [0.29, 0.717) is 42.6 Å². The van der Waals surface area contributed by atoms with Gasteiger partial charge in [0.2, 0.25) is 5.89 Å². The number of aromatic nitrogens is 1. The van der Waals surface area contributed by atoms with Crippen molar-refractivity contribution >= 4 is 28.5 Å². The number of hydrogen-bond acceptors (Lipinski definition) is 7. The third kappa shape index (κ3) is 7.73. The van der Waals surface area contributed by atoms with Gasteiger partial charge >= 0.3 is 5.97 Å². The minimum absolute atomic E-state index is 0.00778. The molecule has 0 aliphatic heterocycles. The lowest BCUT2D eigenvalue weighted by molar-refractivity contribution is -0.137. The quantitative estimate of drug-likeness (QED) is 0.101. The van der Waals surface area contributed by atoms with Crippen LogP contribution in [0.15, 0.2) is 77.2 Å². The van der Waals surface area contributed by atoms with Gasteiger partial charge < -0.3 is 24.9 Å². The molecule has 1 aromatic heterocycles. The van der Waals surface area contributed by atoms with Crippen LogP contribution in [0.1, 0.15) is 60.3 Å². The van der Waals surface area contributed by atoms with Crippen LogP contribution in [0, 0.1) is 5.92 Å². The van der Waals surface area contributed by atoms with Gasteiger partial charge in [0.25, 0.3) is 0 Å². The molecule has 5 rings (SSSR count). The van der Waals surface area contributed by atoms with Crippen LogP contribution in [-0.2, 0) is 17.8 Å². The first-order valence-corrected chi connectivity index (χ1v) is 14.5. The number of para-hydroxylation sites is 3. The standard InChI is InChI=1S/C33H37N3O5/c37-32(24-9-3-1-2-4-10-24)26-11-5-6-12-27(26)35-29(33(38)39)21-23-15-17-25(18-16-23)40-20-19-34-22-31-36-28-13-7-8-14-30(28)41-31/h5-8,11-18,24,29,34-35H,1-4,9-10,19-22H2,(H,38,39). The molecule has 3 aromatic carbocycles. The van der Waals surface area contributed by atoms with Crippen LogP contribution in [-0.4, -0.2) is 41.0 Å². The number of carbonyl (C=O) groups excluding carboxylic acids is 1. The number of aliphatic carboxylic acids is 1. The molecule has 0 bridgehead atoms. The van der Waals surface area contributed by atoms with Crippen molar-refractivity contribution in [1.29, 1.82) is 0 Å². The average molecular weight is 556 g/mol. The number of fused-ring (bicyclic) bond motifs is 1. The summed E-state index contributed by atoms with van der Waals surface area (Å²) in [5.74, 6) is 0.495. The highest BCUT2D eigenvalue weighted by molar-refractivity contribution is 6.03. The Morgan fingerprint density at radius 3 is 2.44 bits per heavy atom. The number of hydrogen-bond donors (Lipinski definition) is 3. The monoisotopic (exact) mass is 555 g/mol. The van der Waals surface area contributed by atoms with Crippen molar-refractivity contribution < 1.29 is 23.8 Å². The molecule has 0 saturated heterocycles. The zero-order valence-electron chi connectivity index (χ0n) is 23.2. The summed E-state index contributed by atoms with van der Waals surface area (Å²) in [6, 6.07) is 21.5. The number of nitrogens with one attached hydrogen (secondary N) is 2. The summed E-state index contributed by atoms with van der Waals surface area (Å²) >= 11 is 0. The van der Waals surface area contributed by atoms with Crippen LogP contribution in [0.4, 0.5) is 5.69 Å². The Labute approximate surface area is 240 Å². The highest BCUT2D eigenvalue weighted by Crippen LogP contribution is 2.29. The summed E-state index contributed by atoms with van der Waals surface area (Å²) in [5, 5.41) is 16.4. The first-order chi connectivity index (χ1) is 20.1. The van der Waals surface area contributed by atoms with Crippen LogP contribution in [0.25, 0.3) is 11.1 Å². The van der Waals surface area contributed by atoms with Gasteiger partial charge in [-0.25, -0.2) is 9.78 Å². The number of oxazole rings is 1. The SMILES string of the molecule is O=C(c1ccccc1NC(Cc1ccc(OCCNCc2nc3ccccc3o2)cc1)C(=O)O)C1CCCCCC1. The van der Waals surface area contributed by atoms with Crippen LogP contribution < -0.4 is 15.4 Å². The Bertz CT molecular complexity index is 1410. The first kappa shape index (κ1) is 28.4. The Morgan fingerprint density at radius 2 is 1.68 bits per heavy atom. The molecule has 3 N–H and O–H groups in total. The van der Waals surface area contributed by atoms with Gasteiger partial charge in [-0.05, 0) is 54.8 Å². The smallest absolute Gasteiger partial charge is 0.326 e. The number of benzene rings is 3. The number of carboxylic acid groups (broad SMARTS) is 1. The summed E-state index contributed by atoms with van der Waals surface area (Å²) in [4.78, 5) is 30.0. The number of carbonyl (C=O) groups is 2. The van der Waals surface area contributed by atoms with E-state index in [1.165, 1.54) is 12.8 Å². The fourth-order valence-corrected chi connectivity index (χ4v) is 5.36. The van der Waals surface area contributed by atoms with E-state index in [4.69, 9.17) is 9.15 Å². The largest absolute Gasteiger partial charge is 0.492 e. The number of nitrogens with zero attached hydrogens (tertiary/aromatic N) is 1. The van der Waals surface area contributed by atoms with E-state index in [1.54, 1.807) is 6.07 Å². The van der Waals surface area contributed by atoms with Crippen molar-refractivity contribution in [2.75, 3.05) is 18.5 Å². The zero-order valence-corrected chi connectivity index (χ0v) is 23.2. The molecule has 1 fully saturated rings. The number of carboxylic acids is 1. The molecule has 1 atom stereocenters. The molecule has 8 heteroatoms. The van der Waals surface area contributed by atoms with Gasteiger partial charge in [0.1, 0.15) is 23.9 Å². The van der Waals surface area contributed by atoms with E-state index in [-0.39, 0.29) is 18.1 Å². The molecule has 1 unspecified atom stereocenters. The van der Waals surface area contributed by atoms with Crippen molar-refractivity contribution in [2.24, 2.45) is 5.92 Å². The van der Waals surface area contributed by atoms with Gasteiger partial charge in [0, 0.05) is 30.1 Å². The van der Waals surface area contributed by atoms with Gasteiger partial charge in [-0.15, -0.1) is 0 Å². The molecule has 8 nitrogen and oxygen atoms in total. The first-order valence-electron chi connectivity index (χ1n) is 14.5. The van der Waals surface area contributed by atoms with Crippen LogP contribution in [0.5, 0.6) is 5.75 Å². The highest BCUT2D eigenvalue weighted by Gasteiger charge is 2.25. The minimum atomic E-state index is -0.966. The zero-order chi connectivity index (χ0) is 28.4. The molecule has 0 amide bonds. The molecule has 0 radical (unpaired) electrons. The number of anilines is 1. The van der Waals surface area contributed by atoms with E-state index in [9.17, 15) is 14.7 Å². The summed E-state index contributed by atoms with van der Waals surface area (Å²) in [6.45, 7) is 1.59. The van der Waals surface area contributed by atoms with Crippen molar-refractivity contribution in [1.82, 2.24) is 10.3 Å². The molecule has 1 heterocycles. The van der Waals surface area contributed by atoms with Crippen LogP contribution >= 0.6 is 0 Å². The lowest BCUT2D eigenvalue weighted by atomic mass is 9.90. The average Bonchev–Trinajstić information content (AvgIpc) is 3.21. The van der Waals surface area contributed by atoms with E-state index in [2.05, 4.69) is 15.6 Å². The predicted molar refractivity (Wildman–Crippen MR) is 158 cm³/mol. The molecule has 1 aliphatic rings. The topological polar surface area (TPSA) is 114 Å². The summed E-state index contributed by atoms with van der Waals surface area (Å²) < 4.78 is 11.5. The van der Waals surface area contributed by atoms with Gasteiger partial charge in [0.05, 0.1) is 6.54 Å². The van der Waals surface area contributed by atoms with Crippen LogP contribution in [0.3, 0.4) is 0 Å². The fraction of sp³-hybridized carbons (Fsp3) is 0.364. The second kappa shape index (κ2) is 13.9. The summed E-state index contributed by atoms with van der Waals surface area (Å²) in [5.41, 5.74) is 3.64. The molecular weight excluding hydrogens is 518 g/mol. The predicted octanol–water partition coefficient (Wildman–Crippen LogP) is 6.26. The van der Waals surface area contributed by atoms with Gasteiger partial charge in [-0.2, -0.15) is 0 Å². The number of ether oxygens (including phenoxy) is 1. The van der Waals surface area contributed by atoms with E-state index >= 15 is 0 Å². The molecule has 0 spiro atoms. The third-order valence-electron chi connectivity index (χ3n) is 7.57. The summed E-state index contributed by atoms with van der Waals surface area (Å²) in [6.07, 6.45) is 6.56. The van der Waals surface area contributed by atoms with Crippen molar-refractivity contribution in [3.63, 3.8) is 0 Å². The van der Waals surface area contributed by atoms with E-state index in [1.807, 2.05) is 66.7 Å². The van der Waals surface area contributed by atoms with E-state index < -0.39 is 12.0 Å². The Balaban J connectivity index is 1.12. The Morgan fingerprint density at radius 1 is 0.951 bits per heavy atom. The molecule has 41 heavy (non-hydrogen) atoms. The summed E-state index contributed by atoms with van der Waals surface area (Å²) in [7, 11) is 0. The van der Waals surface area contributed by atoms with Crippen LogP contribution in [0.2, 0.25) is 0 Å². The molecular formula is C33H37N3O5. The fourth-order valence-electron chi connectivity index (χ4n) is 5.36. The van der Waals surface area contributed by atoms with Gasteiger partial charge in [0.15, 0.2) is 11.4 Å². The molecule has 4 aromatic rings. The Hall–Kier alpha value is -4.17. The molecule has 1 aliphatic carbocycles. The van der Waals surface area contributed by atoms with Crippen molar-refractivity contribution in [3.05, 3.63) is 89.8 Å². The van der Waals surface area contributed by atoms with Crippen molar-refractivity contribution in [2.45, 2.75) is 57.5 Å². The second-order valence-electron chi connectivity index (χ2n) is 10.6. The maximum Gasteiger partial charge on any atom is 0.326 e. The van der Waals surface area contributed by atoms with Crippen molar-refractivity contribution in [3.8, 4) is 5.75 Å². The lowest BCUT2D eigenvalue weighted by Gasteiger charge is -2.20. The second-order valence-corrected chi connectivity index (χ2v) is 10.6. The van der Waals surface area contributed by atoms with Gasteiger partial charge in [-0.1, -0.05) is 62.1 Å². The maximum atomic E-state index is 13.3. The number of rotatable bonds is 13. The third-order valence-corrected chi connectivity index (χ3v) is 7.57. The van der Waals surface area contributed by atoms with Gasteiger partial charge in [-0.3, -0.25) is 4.79 Å². The molecule has 214 valence electrons. The maximum absolute atomic E-state index is 13.3. The number of ketones is 1.